The molecule has 2 aromatic carbocycles. The number of hydrogen-bond donors (Lipinski definition) is 0. The fourth-order valence-corrected chi connectivity index (χ4v) is 2.73. The molecule has 0 saturated carbocycles. The zero-order chi connectivity index (χ0) is 19.0. The minimum atomic E-state index is -1.000. The van der Waals surface area contributed by atoms with Crippen molar-refractivity contribution in [3.63, 3.8) is 0 Å². The Balaban J connectivity index is 1.91. The lowest BCUT2D eigenvalue weighted by Gasteiger charge is -2.09. The smallest absolute Gasteiger partial charge is 0.346 e. The van der Waals surface area contributed by atoms with E-state index in [2.05, 4.69) is 0 Å². The molecule has 0 aliphatic carbocycles. The van der Waals surface area contributed by atoms with Gasteiger partial charge in [0.2, 0.25) is 16.9 Å². The van der Waals surface area contributed by atoms with E-state index in [1.807, 2.05) is 6.92 Å². The number of aryl methyl sites for hydroxylation is 1. The number of rotatable bonds is 3. The lowest BCUT2D eigenvalue weighted by Crippen LogP contribution is -2.17. The van der Waals surface area contributed by atoms with Crippen molar-refractivity contribution in [2.24, 2.45) is 0 Å². The maximum absolute atomic E-state index is 13.9. The molecule has 5 nitrogen and oxygen atoms in total. The summed E-state index contributed by atoms with van der Waals surface area (Å²) in [6.07, 6.45) is 1.40. The van der Waals surface area contributed by atoms with Gasteiger partial charge in [-0.15, -0.1) is 0 Å². The van der Waals surface area contributed by atoms with Gasteiger partial charge in [-0.1, -0.05) is 23.8 Å². The molecule has 2 heterocycles. The number of carbonyl (C=O) groups is 1. The first-order valence-corrected chi connectivity index (χ1v) is 8.12. The number of halogens is 1. The molecule has 0 N–H and O–H groups in total. The largest absolute Gasteiger partial charge is 0.461 e. The Morgan fingerprint density at radius 2 is 1.89 bits per heavy atom. The van der Waals surface area contributed by atoms with Gasteiger partial charge in [0.1, 0.15) is 11.4 Å². The third-order valence-electron chi connectivity index (χ3n) is 4.04. The summed E-state index contributed by atoms with van der Waals surface area (Å²) < 4.78 is 30.2. The highest BCUT2D eigenvalue weighted by atomic mass is 19.1. The summed E-state index contributed by atoms with van der Waals surface area (Å²) in [6.45, 7) is 1.82. The molecule has 0 radical (unpaired) electrons. The summed E-state index contributed by atoms with van der Waals surface area (Å²) >= 11 is 0. The topological polar surface area (TPSA) is 69.7 Å². The van der Waals surface area contributed by atoms with Gasteiger partial charge >= 0.3 is 5.97 Å². The summed E-state index contributed by atoms with van der Waals surface area (Å²) in [4.78, 5) is 25.4. The van der Waals surface area contributed by atoms with Crippen LogP contribution in [0, 0.1) is 12.7 Å². The van der Waals surface area contributed by atoms with Gasteiger partial charge in [-0.3, -0.25) is 4.79 Å². The van der Waals surface area contributed by atoms with Crippen molar-refractivity contribution < 1.29 is 22.8 Å². The van der Waals surface area contributed by atoms with E-state index in [9.17, 15) is 14.0 Å². The quantitative estimate of drug-likeness (QED) is 0.492. The van der Waals surface area contributed by atoms with Gasteiger partial charge in [0.15, 0.2) is 5.76 Å². The van der Waals surface area contributed by atoms with E-state index >= 15 is 0 Å². The highest BCUT2D eigenvalue weighted by molar-refractivity contribution is 5.93. The van der Waals surface area contributed by atoms with E-state index in [-0.39, 0.29) is 28.2 Å². The monoisotopic (exact) mass is 364 g/mol. The third-order valence-corrected chi connectivity index (χ3v) is 4.04. The van der Waals surface area contributed by atoms with Crippen molar-refractivity contribution in [3.8, 4) is 17.3 Å². The molecular formula is C21H13FO5. The minimum Gasteiger partial charge on any atom is -0.461 e. The molecule has 27 heavy (non-hydrogen) atoms. The summed E-state index contributed by atoms with van der Waals surface area (Å²) in [7, 11) is 0. The first kappa shape index (κ1) is 16.8. The highest BCUT2D eigenvalue weighted by Gasteiger charge is 2.24. The molecule has 2 aromatic heterocycles. The summed E-state index contributed by atoms with van der Waals surface area (Å²) in [5, 5.41) is 0.252. The van der Waals surface area contributed by atoms with Crippen LogP contribution in [0.15, 0.2) is 74.5 Å². The lowest BCUT2D eigenvalue weighted by molar-refractivity contribution is 0.0726. The predicted octanol–water partition coefficient (Wildman–Crippen LogP) is 4.72. The first-order valence-electron chi connectivity index (χ1n) is 8.12. The van der Waals surface area contributed by atoms with E-state index in [0.717, 1.165) is 11.6 Å². The second kappa shape index (κ2) is 6.57. The second-order valence-electron chi connectivity index (χ2n) is 5.94. The second-order valence-corrected chi connectivity index (χ2v) is 5.94. The Morgan fingerprint density at radius 1 is 1.07 bits per heavy atom. The number of hydrogen-bond acceptors (Lipinski definition) is 5. The van der Waals surface area contributed by atoms with Crippen LogP contribution in [0.1, 0.15) is 15.9 Å². The standard InChI is InChI=1S/C21H13FO5/c1-12-8-9-16-14(11-12)18(23)20(19(26-16)17-7-4-10-25-17)27-21(24)13-5-2-3-6-15(13)22/h2-11H,1H3. The van der Waals surface area contributed by atoms with Crippen LogP contribution < -0.4 is 10.2 Å². The molecule has 0 unspecified atom stereocenters. The molecular weight excluding hydrogens is 351 g/mol. The van der Waals surface area contributed by atoms with Crippen LogP contribution in [0.2, 0.25) is 0 Å². The van der Waals surface area contributed by atoms with Crippen molar-refractivity contribution in [2.45, 2.75) is 6.92 Å². The summed E-state index contributed by atoms with van der Waals surface area (Å²) in [5.74, 6) is -1.92. The van der Waals surface area contributed by atoms with Crippen LogP contribution >= 0.6 is 0 Å². The van der Waals surface area contributed by atoms with E-state index in [1.54, 1.807) is 30.3 Å². The van der Waals surface area contributed by atoms with Gasteiger partial charge in [0.05, 0.1) is 17.2 Å². The van der Waals surface area contributed by atoms with Crippen LogP contribution in [-0.4, -0.2) is 5.97 Å². The minimum absolute atomic E-state index is 0.0361. The molecule has 6 heteroatoms. The Morgan fingerprint density at radius 3 is 2.63 bits per heavy atom. The number of carbonyl (C=O) groups excluding carboxylic acids is 1. The SMILES string of the molecule is Cc1ccc2oc(-c3ccco3)c(OC(=O)c3ccccc3F)c(=O)c2c1. The van der Waals surface area contributed by atoms with Gasteiger partial charge < -0.3 is 13.6 Å². The molecule has 0 amide bonds. The van der Waals surface area contributed by atoms with Crippen LogP contribution in [0.5, 0.6) is 5.75 Å². The van der Waals surface area contributed by atoms with Gasteiger partial charge in [-0.25, -0.2) is 9.18 Å². The highest BCUT2D eigenvalue weighted by Crippen LogP contribution is 2.32. The number of benzene rings is 2. The average Bonchev–Trinajstić information content (AvgIpc) is 3.19. The van der Waals surface area contributed by atoms with E-state index in [1.165, 1.54) is 24.5 Å². The Labute approximate surface area is 152 Å². The van der Waals surface area contributed by atoms with Gasteiger partial charge in [-0.05, 0) is 43.3 Å². The van der Waals surface area contributed by atoms with Crippen LogP contribution in [0.25, 0.3) is 22.5 Å². The van der Waals surface area contributed by atoms with Crippen LogP contribution in [0.4, 0.5) is 4.39 Å². The molecule has 0 fully saturated rings. The lowest BCUT2D eigenvalue weighted by atomic mass is 10.1. The van der Waals surface area contributed by atoms with Gasteiger partial charge in [0.25, 0.3) is 0 Å². The van der Waals surface area contributed by atoms with E-state index in [4.69, 9.17) is 13.6 Å². The Bertz CT molecular complexity index is 1210. The number of ether oxygens (including phenoxy) is 1. The predicted molar refractivity (Wildman–Crippen MR) is 96.3 cm³/mol. The molecule has 0 spiro atoms. The van der Waals surface area contributed by atoms with Gasteiger partial charge in [0, 0.05) is 0 Å². The third kappa shape index (κ3) is 3.01. The normalized spacial score (nSPS) is 10.9. The molecule has 0 atom stereocenters. The fraction of sp³-hybridized carbons (Fsp3) is 0.0476. The van der Waals surface area contributed by atoms with Crippen molar-refractivity contribution >= 4 is 16.9 Å². The van der Waals surface area contributed by atoms with Gasteiger partial charge in [-0.2, -0.15) is 0 Å². The fourth-order valence-electron chi connectivity index (χ4n) is 2.73. The van der Waals surface area contributed by atoms with Crippen molar-refractivity contribution in [2.75, 3.05) is 0 Å². The van der Waals surface area contributed by atoms with Crippen LogP contribution in [0.3, 0.4) is 0 Å². The molecule has 0 bridgehead atoms. The van der Waals surface area contributed by atoms with Crippen molar-refractivity contribution in [1.82, 2.24) is 0 Å². The maximum atomic E-state index is 13.9. The number of fused-ring (bicyclic) bond motifs is 1. The van der Waals surface area contributed by atoms with E-state index < -0.39 is 17.2 Å². The maximum Gasteiger partial charge on any atom is 0.346 e. The Kier molecular flexibility index (Phi) is 4.08. The molecule has 134 valence electrons. The van der Waals surface area contributed by atoms with Crippen molar-refractivity contribution in [1.29, 1.82) is 0 Å². The number of esters is 1. The average molecular weight is 364 g/mol. The zero-order valence-corrected chi connectivity index (χ0v) is 14.2. The molecule has 0 saturated heterocycles. The summed E-state index contributed by atoms with van der Waals surface area (Å²) in [6, 6.07) is 13.6. The molecule has 0 aliphatic rings. The molecule has 4 rings (SSSR count). The van der Waals surface area contributed by atoms with Crippen molar-refractivity contribution in [3.05, 3.63) is 88.0 Å². The zero-order valence-electron chi connectivity index (χ0n) is 14.2. The van der Waals surface area contributed by atoms with E-state index in [0.29, 0.717) is 5.58 Å². The first-order chi connectivity index (χ1) is 13.0. The summed E-state index contributed by atoms with van der Waals surface area (Å²) in [5.41, 5.74) is 0.331. The number of furan rings is 1. The Hall–Kier alpha value is -3.67. The molecule has 0 aliphatic heterocycles. The molecule has 4 aromatic rings. The van der Waals surface area contributed by atoms with Crippen LogP contribution in [-0.2, 0) is 0 Å².